The van der Waals surface area contributed by atoms with E-state index in [0.29, 0.717) is 17.9 Å². The number of hydrogen-bond donors (Lipinski definition) is 1. The van der Waals surface area contributed by atoms with Crippen molar-refractivity contribution in [1.82, 2.24) is 5.32 Å². The molecule has 0 radical (unpaired) electrons. The van der Waals surface area contributed by atoms with Crippen LogP contribution < -0.4 is 5.32 Å². The smallest absolute Gasteiger partial charge is 0.287 e. The minimum atomic E-state index is -0.377. The topological polar surface area (TPSA) is 51.5 Å². The van der Waals surface area contributed by atoms with Gasteiger partial charge in [0.2, 0.25) is 0 Å². The summed E-state index contributed by atoms with van der Waals surface area (Å²) in [5.41, 5.74) is 0.343. The molecule has 1 aliphatic heterocycles. The van der Waals surface area contributed by atoms with Crippen molar-refractivity contribution in [3.05, 3.63) is 48.0 Å². The van der Waals surface area contributed by atoms with Gasteiger partial charge in [-0.3, -0.25) is 4.79 Å². The van der Waals surface area contributed by atoms with Crippen LogP contribution in [-0.4, -0.2) is 25.2 Å². The number of amides is 1. The lowest BCUT2D eigenvalue weighted by atomic mass is 10.1. The normalized spacial score (nSPS) is 17.9. The molecule has 0 saturated carbocycles. The summed E-state index contributed by atoms with van der Waals surface area (Å²) in [7, 11) is 0. The molecule has 3 rings (SSSR count). The zero-order chi connectivity index (χ0) is 14.7. The summed E-state index contributed by atoms with van der Waals surface area (Å²) in [6.07, 6.45) is 2.06. The van der Waals surface area contributed by atoms with Gasteiger partial charge in [-0.05, 0) is 37.1 Å². The van der Waals surface area contributed by atoms with Gasteiger partial charge in [-0.15, -0.1) is 0 Å². The highest BCUT2D eigenvalue weighted by Crippen LogP contribution is 2.24. The summed E-state index contributed by atoms with van der Waals surface area (Å²) in [5, 5.41) is 2.77. The fourth-order valence-electron chi connectivity index (χ4n) is 2.36. The zero-order valence-electron chi connectivity index (χ0n) is 11.5. The van der Waals surface area contributed by atoms with Crippen molar-refractivity contribution in [2.24, 2.45) is 0 Å². The zero-order valence-corrected chi connectivity index (χ0v) is 11.5. The van der Waals surface area contributed by atoms with Gasteiger partial charge in [0, 0.05) is 13.2 Å². The molecule has 1 aromatic carbocycles. The molecule has 0 bridgehead atoms. The average molecular weight is 289 g/mol. The van der Waals surface area contributed by atoms with Crippen molar-refractivity contribution in [2.75, 3.05) is 13.2 Å². The van der Waals surface area contributed by atoms with Gasteiger partial charge >= 0.3 is 0 Å². The van der Waals surface area contributed by atoms with Crippen molar-refractivity contribution in [3.63, 3.8) is 0 Å². The molecule has 1 fully saturated rings. The molecule has 1 saturated heterocycles. The second kappa shape index (κ2) is 6.10. The summed E-state index contributed by atoms with van der Waals surface area (Å²) in [6, 6.07) is 9.44. The second-order valence-electron chi connectivity index (χ2n) is 4.99. The Morgan fingerprint density at radius 1 is 1.29 bits per heavy atom. The van der Waals surface area contributed by atoms with E-state index in [1.807, 2.05) is 0 Å². The second-order valence-corrected chi connectivity index (χ2v) is 4.99. The Morgan fingerprint density at radius 2 is 2.14 bits per heavy atom. The first-order chi connectivity index (χ1) is 10.2. The van der Waals surface area contributed by atoms with Crippen LogP contribution in [-0.2, 0) is 4.74 Å². The molecular weight excluding hydrogens is 273 g/mol. The standard InChI is InChI=1S/C16H16FNO3/c17-13-6-2-1-5-12(13)14-7-8-15(21-14)16(19)18-10-11-4-3-9-20-11/h1-2,5-8,11H,3-4,9-10H2,(H,18,19)/t11-/m0/s1. The first-order valence-electron chi connectivity index (χ1n) is 6.98. The van der Waals surface area contributed by atoms with Crippen molar-refractivity contribution >= 4 is 5.91 Å². The molecule has 1 atom stereocenters. The molecule has 110 valence electrons. The van der Waals surface area contributed by atoms with E-state index in [0.717, 1.165) is 19.4 Å². The molecule has 4 nitrogen and oxygen atoms in total. The van der Waals surface area contributed by atoms with Crippen LogP contribution in [0, 0.1) is 5.82 Å². The van der Waals surface area contributed by atoms with E-state index < -0.39 is 0 Å². The molecule has 1 amide bonds. The molecular formula is C16H16FNO3. The molecule has 0 spiro atoms. The van der Waals surface area contributed by atoms with Crippen LogP contribution in [0.2, 0.25) is 0 Å². The van der Waals surface area contributed by atoms with E-state index in [4.69, 9.17) is 9.15 Å². The summed E-state index contributed by atoms with van der Waals surface area (Å²) >= 11 is 0. The SMILES string of the molecule is O=C(NC[C@@H]1CCCO1)c1ccc(-c2ccccc2F)o1. The van der Waals surface area contributed by atoms with Crippen LogP contribution >= 0.6 is 0 Å². The first-order valence-corrected chi connectivity index (χ1v) is 6.98. The third-order valence-electron chi connectivity index (χ3n) is 3.48. The number of carbonyl (C=O) groups is 1. The van der Waals surface area contributed by atoms with E-state index in [2.05, 4.69) is 5.32 Å². The maximum absolute atomic E-state index is 13.7. The van der Waals surface area contributed by atoms with E-state index in [1.54, 1.807) is 30.3 Å². The Morgan fingerprint density at radius 3 is 2.90 bits per heavy atom. The van der Waals surface area contributed by atoms with Crippen LogP contribution in [0.3, 0.4) is 0 Å². The monoisotopic (exact) mass is 289 g/mol. The predicted octanol–water partition coefficient (Wildman–Crippen LogP) is 2.99. The quantitative estimate of drug-likeness (QED) is 0.941. The van der Waals surface area contributed by atoms with Crippen molar-refractivity contribution < 1.29 is 18.3 Å². The van der Waals surface area contributed by atoms with Crippen LogP contribution in [0.25, 0.3) is 11.3 Å². The molecule has 21 heavy (non-hydrogen) atoms. The van der Waals surface area contributed by atoms with Gasteiger partial charge in [-0.1, -0.05) is 12.1 Å². The van der Waals surface area contributed by atoms with Crippen molar-refractivity contribution in [1.29, 1.82) is 0 Å². The Hall–Kier alpha value is -2.14. The van der Waals surface area contributed by atoms with Gasteiger partial charge in [-0.25, -0.2) is 4.39 Å². The molecule has 2 heterocycles. The summed E-state index contributed by atoms with van der Waals surface area (Å²) in [6.45, 7) is 1.22. The van der Waals surface area contributed by atoms with Gasteiger partial charge in [0.1, 0.15) is 11.6 Å². The lowest BCUT2D eigenvalue weighted by Gasteiger charge is -2.09. The minimum absolute atomic E-state index is 0.0787. The highest BCUT2D eigenvalue weighted by atomic mass is 19.1. The molecule has 1 aromatic heterocycles. The molecule has 2 aromatic rings. The average Bonchev–Trinajstić information content (AvgIpc) is 3.17. The van der Waals surface area contributed by atoms with Crippen molar-refractivity contribution in [2.45, 2.75) is 18.9 Å². The molecule has 0 aliphatic carbocycles. The maximum Gasteiger partial charge on any atom is 0.287 e. The number of carbonyl (C=O) groups excluding carboxylic acids is 1. The number of nitrogens with one attached hydrogen (secondary N) is 1. The van der Waals surface area contributed by atoms with Gasteiger partial charge in [0.25, 0.3) is 5.91 Å². The van der Waals surface area contributed by atoms with Crippen LogP contribution in [0.1, 0.15) is 23.4 Å². The van der Waals surface area contributed by atoms with Gasteiger partial charge in [-0.2, -0.15) is 0 Å². The van der Waals surface area contributed by atoms with Gasteiger partial charge in [0.05, 0.1) is 11.7 Å². The van der Waals surface area contributed by atoms with Crippen LogP contribution in [0.15, 0.2) is 40.8 Å². The third-order valence-corrected chi connectivity index (χ3v) is 3.48. The lowest BCUT2D eigenvalue weighted by Crippen LogP contribution is -2.31. The van der Waals surface area contributed by atoms with Gasteiger partial charge in [0.15, 0.2) is 5.76 Å². The maximum atomic E-state index is 13.7. The number of furan rings is 1. The van der Waals surface area contributed by atoms with E-state index in [1.165, 1.54) is 6.07 Å². The highest BCUT2D eigenvalue weighted by Gasteiger charge is 2.18. The van der Waals surface area contributed by atoms with E-state index in [9.17, 15) is 9.18 Å². The number of halogens is 1. The Kier molecular flexibility index (Phi) is 4.01. The molecule has 1 aliphatic rings. The Balaban J connectivity index is 1.66. The fraction of sp³-hybridized carbons (Fsp3) is 0.312. The predicted molar refractivity (Wildman–Crippen MR) is 75.4 cm³/mol. The van der Waals surface area contributed by atoms with Crippen LogP contribution in [0.4, 0.5) is 4.39 Å². The molecule has 0 unspecified atom stereocenters. The number of rotatable bonds is 4. The fourth-order valence-corrected chi connectivity index (χ4v) is 2.36. The van der Waals surface area contributed by atoms with E-state index in [-0.39, 0.29) is 23.6 Å². The van der Waals surface area contributed by atoms with Gasteiger partial charge < -0.3 is 14.5 Å². The summed E-state index contributed by atoms with van der Waals surface area (Å²) in [4.78, 5) is 12.0. The highest BCUT2D eigenvalue weighted by molar-refractivity contribution is 5.92. The first kappa shape index (κ1) is 13.8. The van der Waals surface area contributed by atoms with Crippen molar-refractivity contribution in [3.8, 4) is 11.3 Å². The lowest BCUT2D eigenvalue weighted by molar-refractivity contribution is 0.0836. The number of benzene rings is 1. The summed E-state index contributed by atoms with van der Waals surface area (Å²) < 4.78 is 24.5. The third kappa shape index (κ3) is 3.13. The number of hydrogen-bond acceptors (Lipinski definition) is 3. The minimum Gasteiger partial charge on any atom is -0.451 e. The molecule has 5 heteroatoms. The summed E-state index contributed by atoms with van der Waals surface area (Å²) in [5.74, 6) is -0.173. The largest absolute Gasteiger partial charge is 0.451 e. The molecule has 1 N–H and O–H groups in total. The van der Waals surface area contributed by atoms with E-state index >= 15 is 0 Å². The number of ether oxygens (including phenoxy) is 1. The Labute approximate surface area is 121 Å². The Bertz CT molecular complexity index is 632. The van der Waals surface area contributed by atoms with Crippen LogP contribution in [0.5, 0.6) is 0 Å².